The largest absolute Gasteiger partial charge is 0.507 e. The van der Waals surface area contributed by atoms with Gasteiger partial charge in [-0.05, 0) is 30.3 Å². The van der Waals surface area contributed by atoms with Gasteiger partial charge in [0.05, 0.1) is 25.3 Å². The Morgan fingerprint density at radius 2 is 1.46 bits per heavy atom. The standard InChI is InChI=1S/C18H12N2O6/c1-24-17(22)10-5-11(18(23)25-2)7-12(6-10)26-16-4-3-15(21)13(8-19)14(16)9-20/h3-7,21H,1-2H3. The number of carbonyl (C=O) groups excluding carboxylic acids is 2. The molecule has 0 heterocycles. The summed E-state index contributed by atoms with van der Waals surface area (Å²) in [6, 6.07) is 9.86. The molecular formula is C18H12N2O6. The third-order valence-corrected chi connectivity index (χ3v) is 3.35. The van der Waals surface area contributed by atoms with Gasteiger partial charge < -0.3 is 19.3 Å². The summed E-state index contributed by atoms with van der Waals surface area (Å²) in [7, 11) is 2.36. The van der Waals surface area contributed by atoms with Gasteiger partial charge in [-0.2, -0.15) is 10.5 Å². The van der Waals surface area contributed by atoms with Gasteiger partial charge in [0.2, 0.25) is 0 Å². The van der Waals surface area contributed by atoms with Crippen LogP contribution in [0, 0.1) is 22.7 Å². The normalized spacial score (nSPS) is 9.54. The second-order valence-corrected chi connectivity index (χ2v) is 4.89. The fraction of sp³-hybridized carbons (Fsp3) is 0.111. The van der Waals surface area contributed by atoms with E-state index in [1.165, 1.54) is 44.6 Å². The van der Waals surface area contributed by atoms with E-state index in [2.05, 4.69) is 9.47 Å². The number of rotatable bonds is 4. The highest BCUT2D eigenvalue weighted by molar-refractivity contribution is 5.96. The van der Waals surface area contributed by atoms with Crippen LogP contribution in [0.2, 0.25) is 0 Å². The minimum absolute atomic E-state index is 0.0281. The van der Waals surface area contributed by atoms with Gasteiger partial charge in [-0.15, -0.1) is 0 Å². The maximum atomic E-state index is 11.8. The lowest BCUT2D eigenvalue weighted by Gasteiger charge is -2.11. The van der Waals surface area contributed by atoms with E-state index in [-0.39, 0.29) is 39.5 Å². The molecule has 0 radical (unpaired) electrons. The number of benzene rings is 2. The number of hydrogen-bond donors (Lipinski definition) is 1. The van der Waals surface area contributed by atoms with Crippen molar-refractivity contribution >= 4 is 11.9 Å². The summed E-state index contributed by atoms with van der Waals surface area (Å²) in [5, 5.41) is 28.0. The summed E-state index contributed by atoms with van der Waals surface area (Å²) in [4.78, 5) is 23.6. The molecule has 0 aromatic heterocycles. The number of nitrogens with zero attached hydrogens (tertiary/aromatic N) is 2. The van der Waals surface area contributed by atoms with Crippen molar-refractivity contribution in [1.82, 2.24) is 0 Å². The molecule has 8 nitrogen and oxygen atoms in total. The van der Waals surface area contributed by atoms with Crippen LogP contribution in [0.4, 0.5) is 0 Å². The van der Waals surface area contributed by atoms with Crippen LogP contribution in [0.15, 0.2) is 30.3 Å². The molecule has 0 aliphatic heterocycles. The van der Waals surface area contributed by atoms with Crippen molar-refractivity contribution in [2.75, 3.05) is 14.2 Å². The molecule has 8 heteroatoms. The number of nitriles is 2. The van der Waals surface area contributed by atoms with E-state index in [1.807, 2.05) is 0 Å². The van der Waals surface area contributed by atoms with Crippen molar-refractivity contribution in [1.29, 1.82) is 10.5 Å². The van der Waals surface area contributed by atoms with Crippen LogP contribution < -0.4 is 4.74 Å². The summed E-state index contributed by atoms with van der Waals surface area (Å²) in [6.07, 6.45) is 0. The Labute approximate surface area is 148 Å². The molecule has 0 aliphatic carbocycles. The van der Waals surface area contributed by atoms with Crippen LogP contribution in [0.3, 0.4) is 0 Å². The van der Waals surface area contributed by atoms with Crippen LogP contribution in [-0.4, -0.2) is 31.3 Å². The average Bonchev–Trinajstić information content (AvgIpc) is 2.67. The molecule has 2 aromatic carbocycles. The number of esters is 2. The number of phenols is 1. The number of aromatic hydroxyl groups is 1. The van der Waals surface area contributed by atoms with Gasteiger partial charge in [0.1, 0.15) is 40.5 Å². The number of hydrogen-bond acceptors (Lipinski definition) is 8. The van der Waals surface area contributed by atoms with Crippen LogP contribution in [0.1, 0.15) is 31.8 Å². The molecule has 0 saturated carbocycles. The fourth-order valence-corrected chi connectivity index (χ4v) is 2.14. The molecule has 0 bridgehead atoms. The minimum Gasteiger partial charge on any atom is -0.507 e. The molecular weight excluding hydrogens is 340 g/mol. The summed E-state index contributed by atoms with van der Waals surface area (Å²) < 4.78 is 14.8. The Balaban J connectivity index is 2.57. The lowest BCUT2D eigenvalue weighted by Crippen LogP contribution is -2.07. The maximum absolute atomic E-state index is 11.8. The predicted molar refractivity (Wildman–Crippen MR) is 86.7 cm³/mol. The first-order valence-corrected chi connectivity index (χ1v) is 7.10. The highest BCUT2D eigenvalue weighted by Gasteiger charge is 2.18. The van der Waals surface area contributed by atoms with Crippen LogP contribution >= 0.6 is 0 Å². The van der Waals surface area contributed by atoms with Crippen molar-refractivity contribution in [3.8, 4) is 29.4 Å². The van der Waals surface area contributed by atoms with Crippen LogP contribution in [0.5, 0.6) is 17.2 Å². The summed E-state index contributed by atoms with van der Waals surface area (Å²) in [5.74, 6) is -1.76. The molecule has 1 N–H and O–H groups in total. The predicted octanol–water partition coefficient (Wildman–Crippen LogP) is 2.50. The van der Waals surface area contributed by atoms with E-state index in [0.29, 0.717) is 0 Å². The summed E-state index contributed by atoms with van der Waals surface area (Å²) >= 11 is 0. The molecule has 0 spiro atoms. The Morgan fingerprint density at radius 1 is 0.923 bits per heavy atom. The zero-order valence-electron chi connectivity index (χ0n) is 13.8. The van der Waals surface area contributed by atoms with Gasteiger partial charge in [0.15, 0.2) is 0 Å². The Kier molecular flexibility index (Phi) is 5.41. The molecule has 2 aromatic rings. The highest BCUT2D eigenvalue weighted by Crippen LogP contribution is 2.32. The molecule has 2 rings (SSSR count). The van der Waals surface area contributed by atoms with Gasteiger partial charge in [-0.1, -0.05) is 0 Å². The zero-order chi connectivity index (χ0) is 19.3. The third-order valence-electron chi connectivity index (χ3n) is 3.35. The first-order valence-electron chi connectivity index (χ1n) is 7.10. The number of ether oxygens (including phenoxy) is 3. The van der Waals surface area contributed by atoms with Gasteiger partial charge in [0, 0.05) is 0 Å². The first kappa shape index (κ1) is 18.3. The quantitative estimate of drug-likeness (QED) is 0.831. The van der Waals surface area contributed by atoms with E-state index < -0.39 is 11.9 Å². The number of phenolic OH excluding ortho intramolecular Hbond substituents is 1. The van der Waals surface area contributed by atoms with E-state index in [4.69, 9.17) is 10.00 Å². The fourth-order valence-electron chi connectivity index (χ4n) is 2.14. The smallest absolute Gasteiger partial charge is 0.338 e. The number of methoxy groups -OCH3 is 2. The Morgan fingerprint density at radius 3 is 1.92 bits per heavy atom. The first-order chi connectivity index (χ1) is 12.4. The molecule has 0 saturated heterocycles. The van der Waals surface area contributed by atoms with Crippen molar-refractivity contribution < 1.29 is 28.9 Å². The monoisotopic (exact) mass is 352 g/mol. The molecule has 0 fully saturated rings. The van der Waals surface area contributed by atoms with E-state index >= 15 is 0 Å². The lowest BCUT2D eigenvalue weighted by molar-refractivity contribution is 0.0598. The third kappa shape index (κ3) is 3.55. The maximum Gasteiger partial charge on any atom is 0.338 e. The van der Waals surface area contributed by atoms with Gasteiger partial charge in [-0.25, -0.2) is 9.59 Å². The molecule has 0 atom stereocenters. The van der Waals surface area contributed by atoms with Crippen molar-refractivity contribution in [2.24, 2.45) is 0 Å². The average molecular weight is 352 g/mol. The molecule has 0 unspecified atom stereocenters. The van der Waals surface area contributed by atoms with Crippen molar-refractivity contribution in [3.05, 3.63) is 52.6 Å². The second kappa shape index (κ2) is 7.69. The second-order valence-electron chi connectivity index (χ2n) is 4.89. The Bertz CT molecular complexity index is 935. The van der Waals surface area contributed by atoms with Crippen LogP contribution in [0.25, 0.3) is 0 Å². The SMILES string of the molecule is COC(=O)c1cc(Oc2ccc(O)c(C#N)c2C#N)cc(C(=O)OC)c1. The highest BCUT2D eigenvalue weighted by atomic mass is 16.5. The zero-order valence-corrected chi connectivity index (χ0v) is 13.8. The van der Waals surface area contributed by atoms with E-state index in [0.717, 1.165) is 0 Å². The lowest BCUT2D eigenvalue weighted by atomic mass is 10.1. The molecule has 130 valence electrons. The van der Waals surface area contributed by atoms with Gasteiger partial charge >= 0.3 is 11.9 Å². The van der Waals surface area contributed by atoms with Crippen molar-refractivity contribution in [2.45, 2.75) is 0 Å². The molecule has 0 amide bonds. The van der Waals surface area contributed by atoms with E-state index in [1.54, 1.807) is 12.1 Å². The summed E-state index contributed by atoms with van der Waals surface area (Å²) in [6.45, 7) is 0. The number of carbonyl (C=O) groups is 2. The molecule has 0 aliphatic rings. The topological polar surface area (TPSA) is 130 Å². The Hall–Kier alpha value is -4.04. The van der Waals surface area contributed by atoms with Crippen molar-refractivity contribution in [3.63, 3.8) is 0 Å². The van der Waals surface area contributed by atoms with E-state index in [9.17, 15) is 20.0 Å². The van der Waals surface area contributed by atoms with Gasteiger partial charge in [-0.3, -0.25) is 0 Å². The van der Waals surface area contributed by atoms with Gasteiger partial charge in [0.25, 0.3) is 0 Å². The summed E-state index contributed by atoms with van der Waals surface area (Å²) in [5.41, 5.74) is -0.371. The minimum atomic E-state index is -0.704. The van der Waals surface area contributed by atoms with Crippen LogP contribution in [-0.2, 0) is 9.47 Å². The molecule has 26 heavy (non-hydrogen) atoms.